The van der Waals surface area contributed by atoms with E-state index >= 15 is 0 Å². The average molecular weight is 306 g/mol. The maximum Gasteiger partial charge on any atom is 0.332 e. The van der Waals surface area contributed by atoms with E-state index < -0.39 is 0 Å². The molecule has 0 atom stereocenters. The number of aromatic nitrogens is 4. The molecule has 1 aliphatic rings. The Kier molecular flexibility index (Phi) is 4.02. The molecule has 0 unspecified atom stereocenters. The van der Waals surface area contributed by atoms with Crippen LogP contribution in [0.1, 0.15) is 25.7 Å². The van der Waals surface area contributed by atoms with Gasteiger partial charge in [0.15, 0.2) is 11.2 Å². The number of unbranched alkanes of at least 4 members (excludes halogenated alkanes) is 2. The highest BCUT2D eigenvalue weighted by Gasteiger charge is 2.21. The van der Waals surface area contributed by atoms with E-state index in [4.69, 9.17) is 5.73 Å². The van der Waals surface area contributed by atoms with Gasteiger partial charge in [0.1, 0.15) is 0 Å². The number of imidazole rings is 1. The molecule has 0 saturated carbocycles. The third-order valence-electron chi connectivity index (χ3n) is 4.15. The summed E-state index contributed by atoms with van der Waals surface area (Å²) in [6.45, 7) is 2.65. The van der Waals surface area contributed by atoms with E-state index in [-0.39, 0.29) is 11.2 Å². The number of hydrogen-bond donors (Lipinski definition) is 2. The molecule has 3 heterocycles. The molecule has 8 nitrogen and oxygen atoms in total. The highest BCUT2D eigenvalue weighted by molar-refractivity contribution is 5.74. The smallest absolute Gasteiger partial charge is 0.332 e. The lowest BCUT2D eigenvalue weighted by molar-refractivity contribution is 0.540. The van der Waals surface area contributed by atoms with Crippen molar-refractivity contribution in [1.82, 2.24) is 18.7 Å². The Balaban J connectivity index is 2.08. The second-order valence-electron chi connectivity index (χ2n) is 5.69. The highest BCUT2D eigenvalue weighted by atomic mass is 16.2. The van der Waals surface area contributed by atoms with Gasteiger partial charge in [-0.2, -0.15) is 0 Å². The van der Waals surface area contributed by atoms with Crippen molar-refractivity contribution in [2.45, 2.75) is 38.8 Å². The summed E-state index contributed by atoms with van der Waals surface area (Å²) in [5.41, 5.74) is 5.87. The van der Waals surface area contributed by atoms with E-state index in [0.717, 1.165) is 38.8 Å². The first-order valence-corrected chi connectivity index (χ1v) is 7.79. The van der Waals surface area contributed by atoms with E-state index in [2.05, 4.69) is 10.3 Å². The van der Waals surface area contributed by atoms with Gasteiger partial charge in [0.05, 0.1) is 0 Å². The van der Waals surface area contributed by atoms with Crippen LogP contribution in [0.2, 0.25) is 0 Å². The monoisotopic (exact) mass is 306 g/mol. The Morgan fingerprint density at radius 1 is 1.27 bits per heavy atom. The first-order chi connectivity index (χ1) is 10.6. The van der Waals surface area contributed by atoms with Crippen molar-refractivity contribution in [2.75, 3.05) is 18.4 Å². The van der Waals surface area contributed by atoms with E-state index in [1.165, 1.54) is 9.13 Å². The van der Waals surface area contributed by atoms with Gasteiger partial charge in [-0.1, -0.05) is 6.42 Å². The number of nitrogens with one attached hydrogen (secondary N) is 1. The average Bonchev–Trinajstić information content (AvgIpc) is 2.92. The molecule has 22 heavy (non-hydrogen) atoms. The minimum Gasteiger partial charge on any atom is -0.356 e. The fourth-order valence-electron chi connectivity index (χ4n) is 2.99. The largest absolute Gasteiger partial charge is 0.356 e. The molecule has 0 fully saturated rings. The van der Waals surface area contributed by atoms with Crippen LogP contribution in [0.25, 0.3) is 11.2 Å². The summed E-state index contributed by atoms with van der Waals surface area (Å²) in [5.74, 6) is 0.675. The van der Waals surface area contributed by atoms with Crippen LogP contribution in [-0.4, -0.2) is 31.8 Å². The zero-order chi connectivity index (χ0) is 15.7. The predicted molar refractivity (Wildman–Crippen MR) is 85.2 cm³/mol. The summed E-state index contributed by atoms with van der Waals surface area (Å²) in [6, 6.07) is 0. The molecule has 0 amide bonds. The molecule has 2 aromatic heterocycles. The van der Waals surface area contributed by atoms with Crippen LogP contribution < -0.4 is 22.3 Å². The molecule has 1 aliphatic heterocycles. The second-order valence-corrected chi connectivity index (χ2v) is 5.69. The number of hydrogen-bond acceptors (Lipinski definition) is 5. The summed E-state index contributed by atoms with van der Waals surface area (Å²) in [7, 11) is 1.70. The van der Waals surface area contributed by atoms with Crippen LogP contribution in [0, 0.1) is 0 Å². The molecule has 0 aliphatic carbocycles. The lowest BCUT2D eigenvalue weighted by atomic mass is 10.2. The Labute approximate surface area is 127 Å². The lowest BCUT2D eigenvalue weighted by Crippen LogP contribution is -2.39. The molecule has 120 valence electrons. The molecular formula is C14H22N6O2. The zero-order valence-electron chi connectivity index (χ0n) is 12.8. The third-order valence-corrected chi connectivity index (χ3v) is 4.15. The third kappa shape index (κ3) is 2.33. The summed E-state index contributed by atoms with van der Waals surface area (Å²) >= 11 is 0. The molecule has 3 rings (SSSR count). The van der Waals surface area contributed by atoms with Crippen LogP contribution in [0.4, 0.5) is 5.95 Å². The van der Waals surface area contributed by atoms with Gasteiger partial charge in [-0.25, -0.2) is 9.78 Å². The topological polar surface area (TPSA) is 99.9 Å². The number of aryl methyl sites for hydroxylation is 2. The summed E-state index contributed by atoms with van der Waals surface area (Å²) in [6.07, 6.45) is 3.53. The van der Waals surface area contributed by atoms with E-state index in [1.54, 1.807) is 7.05 Å². The molecule has 0 radical (unpaired) electrons. The van der Waals surface area contributed by atoms with Crippen molar-refractivity contribution in [1.29, 1.82) is 0 Å². The second kappa shape index (κ2) is 5.96. The number of anilines is 1. The first kappa shape index (κ1) is 14.8. The number of fused-ring (bicyclic) bond motifs is 3. The SMILES string of the molecule is Cn1c(=O)n(CCCCCN)c(=O)c2nc3n(c21)CCCN3. The molecule has 0 aromatic carbocycles. The predicted octanol–water partition coefficient (Wildman–Crippen LogP) is -0.159. The van der Waals surface area contributed by atoms with Crippen LogP contribution in [0.3, 0.4) is 0 Å². The van der Waals surface area contributed by atoms with Crippen LogP contribution >= 0.6 is 0 Å². The van der Waals surface area contributed by atoms with Crippen molar-refractivity contribution in [3.8, 4) is 0 Å². The van der Waals surface area contributed by atoms with Crippen LogP contribution in [0.5, 0.6) is 0 Å². The minimum absolute atomic E-state index is 0.279. The lowest BCUT2D eigenvalue weighted by Gasteiger charge is -2.16. The Hall–Kier alpha value is -2.09. The summed E-state index contributed by atoms with van der Waals surface area (Å²) in [5, 5.41) is 3.18. The van der Waals surface area contributed by atoms with Gasteiger partial charge in [0.2, 0.25) is 5.95 Å². The molecule has 3 N–H and O–H groups in total. The molecular weight excluding hydrogens is 284 g/mol. The molecule has 0 saturated heterocycles. The summed E-state index contributed by atoms with van der Waals surface area (Å²) in [4.78, 5) is 29.5. The number of rotatable bonds is 5. The van der Waals surface area contributed by atoms with E-state index in [0.29, 0.717) is 30.2 Å². The Morgan fingerprint density at radius 2 is 2.09 bits per heavy atom. The Bertz CT molecular complexity index is 800. The van der Waals surface area contributed by atoms with Gasteiger partial charge in [-0.3, -0.25) is 18.5 Å². The van der Waals surface area contributed by atoms with Gasteiger partial charge >= 0.3 is 5.69 Å². The van der Waals surface area contributed by atoms with Gasteiger partial charge in [-0.05, 0) is 25.8 Å². The van der Waals surface area contributed by atoms with Gasteiger partial charge in [-0.15, -0.1) is 0 Å². The molecule has 2 aromatic rings. The quantitative estimate of drug-likeness (QED) is 0.748. The fourth-order valence-corrected chi connectivity index (χ4v) is 2.99. The maximum atomic E-state index is 12.6. The maximum absolute atomic E-state index is 12.6. The molecule has 0 bridgehead atoms. The Morgan fingerprint density at radius 3 is 2.86 bits per heavy atom. The van der Waals surface area contributed by atoms with E-state index in [9.17, 15) is 9.59 Å². The normalized spacial score (nSPS) is 14.1. The standard InChI is InChI=1S/C14H22N6O2/c1-18-11-10(17-13-16-7-5-9-19(11)13)12(21)20(14(18)22)8-4-2-3-6-15/h2-9,15H2,1H3,(H,16,17). The number of nitrogens with zero attached hydrogens (tertiary/aromatic N) is 4. The van der Waals surface area contributed by atoms with Gasteiger partial charge < -0.3 is 11.1 Å². The van der Waals surface area contributed by atoms with Crippen molar-refractivity contribution in [3.63, 3.8) is 0 Å². The van der Waals surface area contributed by atoms with Crippen molar-refractivity contribution in [2.24, 2.45) is 12.8 Å². The van der Waals surface area contributed by atoms with E-state index in [1.807, 2.05) is 4.57 Å². The van der Waals surface area contributed by atoms with Crippen molar-refractivity contribution >= 4 is 17.1 Å². The van der Waals surface area contributed by atoms with Gasteiger partial charge in [0.25, 0.3) is 5.56 Å². The molecule has 8 heteroatoms. The number of nitrogens with two attached hydrogens (primary N) is 1. The minimum atomic E-state index is -0.297. The van der Waals surface area contributed by atoms with Crippen LogP contribution in [0.15, 0.2) is 9.59 Å². The fraction of sp³-hybridized carbons (Fsp3) is 0.643. The van der Waals surface area contributed by atoms with Crippen molar-refractivity contribution < 1.29 is 0 Å². The highest BCUT2D eigenvalue weighted by Crippen LogP contribution is 2.19. The first-order valence-electron chi connectivity index (χ1n) is 7.79. The summed E-state index contributed by atoms with van der Waals surface area (Å²) < 4.78 is 4.74. The van der Waals surface area contributed by atoms with Crippen molar-refractivity contribution in [3.05, 3.63) is 20.8 Å². The zero-order valence-corrected chi connectivity index (χ0v) is 12.8. The van der Waals surface area contributed by atoms with Crippen LogP contribution in [-0.2, 0) is 20.1 Å². The van der Waals surface area contributed by atoms with Gasteiger partial charge in [0, 0.05) is 26.7 Å². The molecule has 0 spiro atoms.